The third-order valence-electron chi connectivity index (χ3n) is 3.97. The molecular formula is C12H22O11. The molecule has 0 aromatic carbocycles. The Balaban J connectivity index is 2.07. The van der Waals surface area contributed by atoms with Gasteiger partial charge in [-0.25, -0.2) is 0 Å². The molecule has 0 aromatic heterocycles. The minimum atomic E-state index is -1.72. The maximum Gasteiger partial charge on any atom is 0.189 e. The number of aliphatic hydroxyl groups is 8. The average molecular weight is 342 g/mol. The molecule has 2 rings (SSSR count). The molecule has 0 bridgehead atoms. The summed E-state index contributed by atoms with van der Waals surface area (Å²) < 4.78 is 15.3. The van der Waals surface area contributed by atoms with E-state index >= 15 is 0 Å². The zero-order valence-electron chi connectivity index (χ0n) is 12.0. The molecule has 23 heavy (non-hydrogen) atoms. The van der Waals surface area contributed by atoms with Gasteiger partial charge < -0.3 is 55.1 Å². The van der Waals surface area contributed by atoms with Gasteiger partial charge in [-0.3, -0.25) is 0 Å². The van der Waals surface area contributed by atoms with Crippen molar-refractivity contribution in [2.24, 2.45) is 0 Å². The Morgan fingerprint density at radius 2 is 0.913 bits per heavy atom. The van der Waals surface area contributed by atoms with Crippen LogP contribution in [0.1, 0.15) is 0 Å². The first-order valence-corrected chi connectivity index (χ1v) is 7.08. The van der Waals surface area contributed by atoms with Crippen molar-refractivity contribution in [1.82, 2.24) is 0 Å². The Bertz CT molecular complexity index is 344. The molecule has 2 heterocycles. The average Bonchev–Trinajstić information content (AvgIpc) is 2.55. The van der Waals surface area contributed by atoms with Crippen LogP contribution in [-0.4, -0.2) is 115 Å². The van der Waals surface area contributed by atoms with Crippen molar-refractivity contribution >= 4 is 0 Å². The van der Waals surface area contributed by atoms with Gasteiger partial charge in [0.25, 0.3) is 0 Å². The van der Waals surface area contributed by atoms with Gasteiger partial charge in [0.2, 0.25) is 0 Å². The predicted octanol–water partition coefficient (Wildman–Crippen LogP) is -5.40. The van der Waals surface area contributed by atoms with Crippen LogP contribution in [0.3, 0.4) is 0 Å². The second-order valence-electron chi connectivity index (χ2n) is 5.53. The monoisotopic (exact) mass is 342 g/mol. The Hall–Kier alpha value is -0.440. The smallest absolute Gasteiger partial charge is 0.189 e. The SMILES string of the molecule is OC[C@H]1OC(OC2O[C@H](CO)[C@H](O)[C@H](O)[C@H]2O)[C@H](O)[C@@H](O)[C@H]1O. The molecule has 2 unspecified atom stereocenters. The highest BCUT2D eigenvalue weighted by Gasteiger charge is 2.49. The fourth-order valence-electron chi connectivity index (χ4n) is 2.49. The first kappa shape index (κ1) is 18.9. The van der Waals surface area contributed by atoms with E-state index in [1.165, 1.54) is 0 Å². The number of hydrogen-bond donors (Lipinski definition) is 8. The highest BCUT2D eigenvalue weighted by Crippen LogP contribution is 2.27. The van der Waals surface area contributed by atoms with Crippen molar-refractivity contribution in [3.05, 3.63) is 0 Å². The third kappa shape index (κ3) is 3.65. The zero-order chi connectivity index (χ0) is 17.3. The van der Waals surface area contributed by atoms with E-state index in [4.69, 9.17) is 24.4 Å². The molecule has 2 aliphatic heterocycles. The molecule has 11 nitrogen and oxygen atoms in total. The van der Waals surface area contributed by atoms with Gasteiger partial charge in [-0.2, -0.15) is 0 Å². The lowest BCUT2D eigenvalue weighted by Crippen LogP contribution is -2.63. The summed E-state index contributed by atoms with van der Waals surface area (Å²) >= 11 is 0. The lowest BCUT2D eigenvalue weighted by molar-refractivity contribution is -0.376. The van der Waals surface area contributed by atoms with Crippen molar-refractivity contribution in [3.63, 3.8) is 0 Å². The summed E-state index contributed by atoms with van der Waals surface area (Å²) in [6.07, 6.45) is -15.6. The van der Waals surface area contributed by atoms with E-state index in [-0.39, 0.29) is 0 Å². The van der Waals surface area contributed by atoms with E-state index in [0.717, 1.165) is 0 Å². The molecular weight excluding hydrogens is 320 g/mol. The highest BCUT2D eigenvalue weighted by molar-refractivity contribution is 4.92. The molecule has 8 N–H and O–H groups in total. The summed E-state index contributed by atoms with van der Waals surface area (Å²) in [6, 6.07) is 0. The first-order chi connectivity index (χ1) is 10.8. The highest BCUT2D eigenvalue weighted by atomic mass is 16.8. The van der Waals surface area contributed by atoms with Gasteiger partial charge in [-0.1, -0.05) is 0 Å². The van der Waals surface area contributed by atoms with Gasteiger partial charge >= 0.3 is 0 Å². The Morgan fingerprint density at radius 1 is 0.565 bits per heavy atom. The van der Waals surface area contributed by atoms with Gasteiger partial charge in [-0.15, -0.1) is 0 Å². The van der Waals surface area contributed by atoms with E-state index in [2.05, 4.69) is 0 Å². The fraction of sp³-hybridized carbons (Fsp3) is 1.00. The largest absolute Gasteiger partial charge is 0.394 e. The van der Waals surface area contributed by atoms with Crippen LogP contribution in [-0.2, 0) is 14.2 Å². The molecule has 0 spiro atoms. The van der Waals surface area contributed by atoms with E-state index in [9.17, 15) is 30.6 Å². The third-order valence-corrected chi connectivity index (χ3v) is 3.97. The van der Waals surface area contributed by atoms with E-state index in [0.29, 0.717) is 0 Å². The molecule has 2 aliphatic rings. The van der Waals surface area contributed by atoms with Crippen molar-refractivity contribution in [3.8, 4) is 0 Å². The van der Waals surface area contributed by atoms with Gasteiger partial charge in [0.15, 0.2) is 12.6 Å². The number of aliphatic hydroxyl groups excluding tert-OH is 8. The van der Waals surface area contributed by atoms with Crippen LogP contribution in [0.2, 0.25) is 0 Å². The zero-order valence-corrected chi connectivity index (χ0v) is 12.0. The van der Waals surface area contributed by atoms with Crippen molar-refractivity contribution < 1.29 is 55.1 Å². The van der Waals surface area contributed by atoms with E-state index in [1.54, 1.807) is 0 Å². The van der Waals surface area contributed by atoms with Crippen LogP contribution >= 0.6 is 0 Å². The molecule has 0 saturated carbocycles. The minimum absolute atomic E-state index is 0.667. The summed E-state index contributed by atoms with van der Waals surface area (Å²) in [5.74, 6) is 0. The van der Waals surface area contributed by atoms with Crippen LogP contribution < -0.4 is 0 Å². The summed E-state index contributed by atoms with van der Waals surface area (Å²) in [6.45, 7) is -1.33. The topological polar surface area (TPSA) is 190 Å². The molecule has 0 radical (unpaired) electrons. The number of hydrogen-bond acceptors (Lipinski definition) is 11. The maximum absolute atomic E-state index is 9.84. The lowest BCUT2D eigenvalue weighted by atomic mass is 9.98. The summed E-state index contributed by atoms with van der Waals surface area (Å²) in [7, 11) is 0. The van der Waals surface area contributed by atoms with Crippen LogP contribution in [0.15, 0.2) is 0 Å². The molecule has 0 aliphatic carbocycles. The quantitative estimate of drug-likeness (QED) is 0.243. The van der Waals surface area contributed by atoms with Gasteiger partial charge in [0.05, 0.1) is 13.2 Å². The molecule has 136 valence electrons. The lowest BCUT2D eigenvalue weighted by Gasteiger charge is -2.44. The van der Waals surface area contributed by atoms with Gasteiger partial charge in [0.1, 0.15) is 48.8 Å². The Kier molecular flexibility index (Phi) is 6.27. The van der Waals surface area contributed by atoms with E-state index < -0.39 is 74.6 Å². The first-order valence-electron chi connectivity index (χ1n) is 7.08. The van der Waals surface area contributed by atoms with Crippen molar-refractivity contribution in [2.45, 2.75) is 61.4 Å². The van der Waals surface area contributed by atoms with Gasteiger partial charge in [0, 0.05) is 0 Å². The maximum atomic E-state index is 9.84. The van der Waals surface area contributed by atoms with Crippen LogP contribution in [0.4, 0.5) is 0 Å². The van der Waals surface area contributed by atoms with Gasteiger partial charge in [-0.05, 0) is 0 Å². The standard InChI is InChI=1S/C12H22O11/c13-1-3-5(15)7(17)9(19)11(21-3)23-12-10(20)8(18)6(16)4(2-14)22-12/h3-20H,1-2H2/t3-,4-,5+,6+,7+,8+,9-,10-,11?,12?/m1/s1. The van der Waals surface area contributed by atoms with Crippen LogP contribution in [0, 0.1) is 0 Å². The molecule has 0 aromatic rings. The number of rotatable bonds is 4. The summed E-state index contributed by atoms with van der Waals surface area (Å²) in [4.78, 5) is 0. The second-order valence-corrected chi connectivity index (χ2v) is 5.53. The van der Waals surface area contributed by atoms with Crippen LogP contribution in [0.25, 0.3) is 0 Å². The van der Waals surface area contributed by atoms with Crippen molar-refractivity contribution in [1.29, 1.82) is 0 Å². The molecule has 10 atom stereocenters. The molecule has 2 saturated heterocycles. The predicted molar refractivity (Wildman–Crippen MR) is 68.6 cm³/mol. The fourth-order valence-corrected chi connectivity index (χ4v) is 2.49. The number of ether oxygens (including phenoxy) is 3. The second kappa shape index (κ2) is 7.63. The normalized spacial score (nSPS) is 51.7. The van der Waals surface area contributed by atoms with Crippen LogP contribution in [0.5, 0.6) is 0 Å². The summed E-state index contributed by atoms with van der Waals surface area (Å²) in [5.41, 5.74) is 0. The Labute approximate surface area is 130 Å². The van der Waals surface area contributed by atoms with E-state index in [1.807, 2.05) is 0 Å². The van der Waals surface area contributed by atoms with Crippen molar-refractivity contribution in [2.75, 3.05) is 13.2 Å². The minimum Gasteiger partial charge on any atom is -0.394 e. The molecule has 11 heteroatoms. The molecule has 2 fully saturated rings. The Morgan fingerprint density at radius 3 is 1.22 bits per heavy atom. The molecule has 0 amide bonds. The summed E-state index contributed by atoms with van der Waals surface area (Å²) in [5, 5.41) is 76.4.